The Morgan fingerprint density at radius 3 is 2.52 bits per heavy atom. The summed E-state index contributed by atoms with van der Waals surface area (Å²) in [5.41, 5.74) is 0.503. The molecule has 2 amide bonds. The minimum atomic E-state index is -4.65. The zero-order valence-corrected chi connectivity index (χ0v) is 13.6. The van der Waals surface area contributed by atoms with Crippen LogP contribution in [0.2, 0.25) is 5.02 Å². The number of anilines is 1. The fraction of sp³-hybridized carbons (Fsp3) is 0.400. The first-order valence-electron chi connectivity index (χ1n) is 7.55. The lowest BCUT2D eigenvalue weighted by atomic mass is 9.97. The lowest BCUT2D eigenvalue weighted by molar-refractivity contribution is -0.157. The molecule has 1 aromatic carbocycles. The van der Waals surface area contributed by atoms with Crippen LogP contribution in [0.1, 0.15) is 30.5 Å². The van der Waals surface area contributed by atoms with Crippen molar-refractivity contribution in [3.05, 3.63) is 41.1 Å². The van der Waals surface area contributed by atoms with E-state index in [9.17, 15) is 18.0 Å². The third kappa shape index (κ3) is 4.04. The highest BCUT2D eigenvalue weighted by Gasteiger charge is 2.39. The first-order chi connectivity index (χ1) is 11.8. The summed E-state index contributed by atoms with van der Waals surface area (Å²) in [6.07, 6.45) is -3.77. The van der Waals surface area contributed by atoms with Gasteiger partial charge in [-0.3, -0.25) is 0 Å². The van der Waals surface area contributed by atoms with Crippen molar-refractivity contribution in [3.8, 4) is 0 Å². The van der Waals surface area contributed by atoms with Crippen LogP contribution in [0.5, 0.6) is 0 Å². The number of likely N-dealkylation sites (tertiary alicyclic amines) is 1. The molecule has 0 saturated carbocycles. The zero-order valence-electron chi connectivity index (χ0n) is 12.9. The minimum absolute atomic E-state index is 0.0431. The van der Waals surface area contributed by atoms with E-state index in [0.29, 0.717) is 36.6 Å². The highest BCUT2D eigenvalue weighted by Crippen LogP contribution is 2.32. The molecule has 1 saturated heterocycles. The fourth-order valence-electron chi connectivity index (χ4n) is 2.60. The number of carbonyl (C=O) groups excluding carboxylic acids is 1. The van der Waals surface area contributed by atoms with E-state index in [-0.39, 0.29) is 17.8 Å². The molecular formula is C15H14ClF3N4O2. The first-order valence-corrected chi connectivity index (χ1v) is 7.93. The Kier molecular flexibility index (Phi) is 4.85. The summed E-state index contributed by atoms with van der Waals surface area (Å²) in [6, 6.07) is 6.54. The standard InChI is InChI=1S/C15H14ClF3N4O2/c16-10-3-1-2-4-11(10)20-14(24)23-7-5-9(6-8-23)12-21-22-13(25-12)15(17,18)19/h1-4,9H,5-8H2,(H,20,24). The molecule has 0 atom stereocenters. The summed E-state index contributed by atoms with van der Waals surface area (Å²) in [4.78, 5) is 13.8. The highest BCUT2D eigenvalue weighted by molar-refractivity contribution is 6.33. The number of aromatic nitrogens is 2. The number of carbonyl (C=O) groups is 1. The number of nitrogens with zero attached hydrogens (tertiary/aromatic N) is 3. The van der Waals surface area contributed by atoms with E-state index in [2.05, 4.69) is 15.5 Å². The smallest absolute Gasteiger partial charge is 0.417 e. The molecule has 1 aliphatic heterocycles. The van der Waals surface area contributed by atoms with Crippen molar-refractivity contribution in [1.29, 1.82) is 0 Å². The van der Waals surface area contributed by atoms with E-state index in [1.54, 1.807) is 29.2 Å². The van der Waals surface area contributed by atoms with Gasteiger partial charge >= 0.3 is 18.1 Å². The van der Waals surface area contributed by atoms with E-state index in [0.717, 1.165) is 0 Å². The average molecular weight is 375 g/mol. The summed E-state index contributed by atoms with van der Waals surface area (Å²) in [7, 11) is 0. The molecule has 3 rings (SSSR count). The van der Waals surface area contributed by atoms with Crippen molar-refractivity contribution in [2.24, 2.45) is 0 Å². The van der Waals surface area contributed by atoms with Gasteiger partial charge in [0, 0.05) is 19.0 Å². The van der Waals surface area contributed by atoms with Gasteiger partial charge in [0.1, 0.15) is 0 Å². The Morgan fingerprint density at radius 2 is 1.92 bits per heavy atom. The second-order valence-electron chi connectivity index (χ2n) is 5.61. The molecule has 2 aromatic rings. The number of urea groups is 1. The van der Waals surface area contributed by atoms with Crippen LogP contribution in [0.25, 0.3) is 0 Å². The quantitative estimate of drug-likeness (QED) is 0.857. The number of benzene rings is 1. The number of alkyl halides is 3. The maximum atomic E-state index is 12.5. The van der Waals surface area contributed by atoms with Crippen LogP contribution in [0.3, 0.4) is 0 Å². The van der Waals surface area contributed by atoms with E-state index in [1.807, 2.05) is 0 Å². The summed E-state index contributed by atoms with van der Waals surface area (Å²) < 4.78 is 42.2. The Hall–Kier alpha value is -2.29. The molecule has 0 aliphatic carbocycles. The summed E-state index contributed by atoms with van der Waals surface area (Å²) in [6.45, 7) is 0.732. The molecule has 1 N–H and O–H groups in total. The molecule has 10 heteroatoms. The Balaban J connectivity index is 1.57. The molecule has 134 valence electrons. The van der Waals surface area contributed by atoms with Gasteiger partial charge in [-0.1, -0.05) is 23.7 Å². The zero-order chi connectivity index (χ0) is 18.0. The predicted molar refractivity (Wildman–Crippen MR) is 83.3 cm³/mol. The third-order valence-corrected chi connectivity index (χ3v) is 4.26. The van der Waals surface area contributed by atoms with Crippen LogP contribution in [0, 0.1) is 0 Å². The van der Waals surface area contributed by atoms with Crippen LogP contribution >= 0.6 is 11.6 Å². The number of piperidine rings is 1. The molecule has 0 unspecified atom stereocenters. The second-order valence-corrected chi connectivity index (χ2v) is 6.02. The van der Waals surface area contributed by atoms with Gasteiger partial charge in [-0.2, -0.15) is 13.2 Å². The average Bonchev–Trinajstić information content (AvgIpc) is 3.07. The third-order valence-electron chi connectivity index (χ3n) is 3.93. The minimum Gasteiger partial charge on any atom is -0.417 e. The number of nitrogens with one attached hydrogen (secondary N) is 1. The first kappa shape index (κ1) is 17.5. The molecule has 1 aromatic heterocycles. The van der Waals surface area contributed by atoms with Gasteiger partial charge in [0.15, 0.2) is 0 Å². The predicted octanol–water partition coefficient (Wildman–Crippen LogP) is 4.15. The van der Waals surface area contributed by atoms with Crippen molar-refractivity contribution in [1.82, 2.24) is 15.1 Å². The second kappa shape index (κ2) is 6.91. The molecule has 25 heavy (non-hydrogen) atoms. The van der Waals surface area contributed by atoms with E-state index in [1.165, 1.54) is 0 Å². The topological polar surface area (TPSA) is 71.3 Å². The number of halogens is 4. The largest absolute Gasteiger partial charge is 0.470 e. The fourth-order valence-corrected chi connectivity index (χ4v) is 2.78. The Morgan fingerprint density at radius 1 is 1.24 bits per heavy atom. The van der Waals surface area contributed by atoms with E-state index in [4.69, 9.17) is 16.0 Å². The Bertz CT molecular complexity index is 757. The van der Waals surface area contributed by atoms with Gasteiger partial charge in [-0.15, -0.1) is 10.2 Å². The van der Waals surface area contributed by atoms with Crippen LogP contribution in [-0.4, -0.2) is 34.2 Å². The van der Waals surface area contributed by atoms with Gasteiger partial charge in [0.2, 0.25) is 5.89 Å². The van der Waals surface area contributed by atoms with Gasteiger partial charge in [0.05, 0.1) is 10.7 Å². The highest BCUT2D eigenvalue weighted by atomic mass is 35.5. The van der Waals surface area contributed by atoms with Crippen LogP contribution in [0.4, 0.5) is 23.7 Å². The maximum absolute atomic E-state index is 12.5. The van der Waals surface area contributed by atoms with Crippen molar-refractivity contribution in [2.45, 2.75) is 24.9 Å². The lowest BCUT2D eigenvalue weighted by Crippen LogP contribution is -2.40. The SMILES string of the molecule is O=C(Nc1ccccc1Cl)N1CCC(c2nnc(C(F)(F)F)o2)CC1. The molecule has 2 heterocycles. The summed E-state index contributed by atoms with van der Waals surface area (Å²) in [5, 5.41) is 9.66. The normalized spacial score (nSPS) is 16.1. The van der Waals surface area contributed by atoms with Crippen LogP contribution in [0.15, 0.2) is 28.7 Å². The van der Waals surface area contributed by atoms with Crippen molar-refractivity contribution < 1.29 is 22.4 Å². The van der Waals surface area contributed by atoms with Crippen molar-refractivity contribution in [3.63, 3.8) is 0 Å². The monoisotopic (exact) mass is 374 g/mol. The number of hydrogen-bond acceptors (Lipinski definition) is 4. The molecule has 0 spiro atoms. The van der Waals surface area contributed by atoms with Gasteiger partial charge < -0.3 is 14.6 Å². The summed E-state index contributed by atoms with van der Waals surface area (Å²) in [5.74, 6) is -1.69. The summed E-state index contributed by atoms with van der Waals surface area (Å²) >= 11 is 6.00. The molecule has 0 bridgehead atoms. The lowest BCUT2D eigenvalue weighted by Gasteiger charge is -2.30. The van der Waals surface area contributed by atoms with Gasteiger partial charge in [-0.05, 0) is 25.0 Å². The number of para-hydroxylation sites is 1. The van der Waals surface area contributed by atoms with Crippen molar-refractivity contribution >= 4 is 23.3 Å². The molecule has 1 aliphatic rings. The van der Waals surface area contributed by atoms with Gasteiger partial charge in [-0.25, -0.2) is 4.79 Å². The van der Waals surface area contributed by atoms with Crippen LogP contribution in [-0.2, 0) is 6.18 Å². The molecule has 1 fully saturated rings. The maximum Gasteiger partial charge on any atom is 0.470 e. The number of hydrogen-bond donors (Lipinski definition) is 1. The number of rotatable bonds is 2. The molecule has 0 radical (unpaired) electrons. The van der Waals surface area contributed by atoms with Gasteiger partial charge in [0.25, 0.3) is 0 Å². The number of amides is 2. The molecule has 6 nitrogen and oxygen atoms in total. The van der Waals surface area contributed by atoms with E-state index >= 15 is 0 Å². The van der Waals surface area contributed by atoms with Crippen molar-refractivity contribution in [2.75, 3.05) is 18.4 Å². The van der Waals surface area contributed by atoms with E-state index < -0.39 is 12.1 Å². The Labute approximate surface area is 146 Å². The van der Waals surface area contributed by atoms with Crippen LogP contribution < -0.4 is 5.32 Å². The molecular weight excluding hydrogens is 361 g/mol.